The number of hydrogen-bond acceptors (Lipinski definition) is 3. The SMILES string of the molecule is CCC=C(/C=C(\CCC)CC(F)F)N1CCN(C(=O)OC(C)(C)C)CC1. The lowest BCUT2D eigenvalue weighted by Gasteiger charge is -2.37. The van der Waals surface area contributed by atoms with Crippen molar-refractivity contribution < 1.29 is 18.3 Å². The zero-order chi connectivity index (χ0) is 19.7. The summed E-state index contributed by atoms with van der Waals surface area (Å²) in [5, 5.41) is 0. The third-order valence-electron chi connectivity index (χ3n) is 4.05. The fraction of sp³-hybridized carbons (Fsp3) is 0.750. The number of allylic oxidation sites excluding steroid dienone is 3. The van der Waals surface area contributed by atoms with Crippen molar-refractivity contribution in [2.75, 3.05) is 26.2 Å². The van der Waals surface area contributed by atoms with E-state index >= 15 is 0 Å². The second-order valence-electron chi connectivity index (χ2n) is 7.64. The van der Waals surface area contributed by atoms with Gasteiger partial charge in [-0.05, 0) is 39.7 Å². The minimum atomic E-state index is -2.32. The van der Waals surface area contributed by atoms with E-state index < -0.39 is 12.0 Å². The molecule has 1 amide bonds. The van der Waals surface area contributed by atoms with Crippen LogP contribution in [0.15, 0.2) is 23.4 Å². The molecule has 0 unspecified atom stereocenters. The Hall–Kier alpha value is -1.59. The van der Waals surface area contributed by atoms with Crippen LogP contribution in [0.1, 0.15) is 60.3 Å². The molecule has 1 aliphatic rings. The van der Waals surface area contributed by atoms with Gasteiger partial charge in [0.15, 0.2) is 0 Å². The summed E-state index contributed by atoms with van der Waals surface area (Å²) in [7, 11) is 0. The Labute approximate surface area is 156 Å². The second-order valence-corrected chi connectivity index (χ2v) is 7.64. The van der Waals surface area contributed by atoms with Crippen LogP contribution in [0.4, 0.5) is 13.6 Å². The van der Waals surface area contributed by atoms with Crippen molar-refractivity contribution in [3.05, 3.63) is 23.4 Å². The predicted molar refractivity (Wildman–Crippen MR) is 101 cm³/mol. The summed E-state index contributed by atoms with van der Waals surface area (Å²) in [4.78, 5) is 16.1. The van der Waals surface area contributed by atoms with Crippen molar-refractivity contribution in [1.29, 1.82) is 0 Å². The van der Waals surface area contributed by atoms with Gasteiger partial charge in [0.25, 0.3) is 0 Å². The van der Waals surface area contributed by atoms with Gasteiger partial charge in [-0.1, -0.05) is 31.9 Å². The van der Waals surface area contributed by atoms with Crippen molar-refractivity contribution in [2.24, 2.45) is 0 Å². The Morgan fingerprint density at radius 1 is 1.12 bits per heavy atom. The van der Waals surface area contributed by atoms with E-state index in [-0.39, 0.29) is 12.5 Å². The highest BCUT2D eigenvalue weighted by Crippen LogP contribution is 2.21. The maximum absolute atomic E-state index is 12.8. The molecule has 150 valence electrons. The Morgan fingerprint density at radius 2 is 1.69 bits per heavy atom. The van der Waals surface area contributed by atoms with Gasteiger partial charge < -0.3 is 14.5 Å². The highest BCUT2D eigenvalue weighted by Gasteiger charge is 2.26. The van der Waals surface area contributed by atoms with Crippen molar-refractivity contribution in [2.45, 2.75) is 72.3 Å². The van der Waals surface area contributed by atoms with Gasteiger partial charge in [0.2, 0.25) is 6.43 Å². The summed E-state index contributed by atoms with van der Waals surface area (Å²) in [6, 6.07) is 0. The van der Waals surface area contributed by atoms with E-state index in [4.69, 9.17) is 4.74 Å². The fourth-order valence-electron chi connectivity index (χ4n) is 2.92. The molecule has 1 saturated heterocycles. The maximum atomic E-state index is 12.8. The number of carbonyl (C=O) groups excluding carboxylic acids is 1. The standard InChI is InChI=1S/C20H34F2N2O2/c1-6-8-16(15-18(21)22)14-17(9-7-2)23-10-12-24(13-11-23)19(25)26-20(3,4)5/h9,14,18H,6-8,10-13,15H2,1-5H3/b16-14+,17-9?. The van der Waals surface area contributed by atoms with Gasteiger partial charge >= 0.3 is 6.09 Å². The highest BCUT2D eigenvalue weighted by atomic mass is 19.3. The van der Waals surface area contributed by atoms with E-state index in [0.29, 0.717) is 32.6 Å². The first-order valence-electron chi connectivity index (χ1n) is 9.56. The molecule has 0 aromatic rings. The molecule has 0 aliphatic carbocycles. The number of amides is 1. The number of nitrogens with zero attached hydrogens (tertiary/aromatic N) is 2. The average molecular weight is 373 g/mol. The monoisotopic (exact) mass is 372 g/mol. The Morgan fingerprint density at radius 3 is 2.15 bits per heavy atom. The van der Waals surface area contributed by atoms with E-state index in [1.807, 2.05) is 40.7 Å². The molecule has 0 bridgehead atoms. The van der Waals surface area contributed by atoms with E-state index in [1.54, 1.807) is 4.90 Å². The van der Waals surface area contributed by atoms with E-state index in [0.717, 1.165) is 24.1 Å². The third-order valence-corrected chi connectivity index (χ3v) is 4.05. The van der Waals surface area contributed by atoms with Crippen LogP contribution in [-0.2, 0) is 4.74 Å². The molecule has 0 atom stereocenters. The predicted octanol–water partition coefficient (Wildman–Crippen LogP) is 5.21. The molecule has 0 aromatic carbocycles. The smallest absolute Gasteiger partial charge is 0.410 e. The van der Waals surface area contributed by atoms with Gasteiger partial charge in [-0.3, -0.25) is 0 Å². The zero-order valence-corrected chi connectivity index (χ0v) is 16.9. The summed E-state index contributed by atoms with van der Waals surface area (Å²) in [6.45, 7) is 12.1. The van der Waals surface area contributed by atoms with E-state index in [9.17, 15) is 13.6 Å². The number of halogens is 2. The highest BCUT2D eigenvalue weighted by molar-refractivity contribution is 5.68. The van der Waals surface area contributed by atoms with Crippen LogP contribution in [0.2, 0.25) is 0 Å². The molecular weight excluding hydrogens is 338 g/mol. The molecule has 1 heterocycles. The molecular formula is C20H34F2N2O2. The zero-order valence-electron chi connectivity index (χ0n) is 16.9. The van der Waals surface area contributed by atoms with Crippen LogP contribution in [-0.4, -0.2) is 54.1 Å². The lowest BCUT2D eigenvalue weighted by Crippen LogP contribution is -2.49. The van der Waals surface area contributed by atoms with Gasteiger partial charge in [-0.15, -0.1) is 0 Å². The first kappa shape index (κ1) is 22.5. The fourth-order valence-corrected chi connectivity index (χ4v) is 2.92. The summed E-state index contributed by atoms with van der Waals surface area (Å²) >= 11 is 0. The van der Waals surface area contributed by atoms with Gasteiger partial charge in [-0.2, -0.15) is 0 Å². The van der Waals surface area contributed by atoms with Crippen LogP contribution in [0.3, 0.4) is 0 Å². The van der Waals surface area contributed by atoms with E-state index in [1.165, 1.54) is 0 Å². The second kappa shape index (κ2) is 10.5. The van der Waals surface area contributed by atoms with Crippen molar-refractivity contribution >= 4 is 6.09 Å². The van der Waals surface area contributed by atoms with Crippen molar-refractivity contribution in [3.63, 3.8) is 0 Å². The molecule has 26 heavy (non-hydrogen) atoms. The Kier molecular flexibility index (Phi) is 9.09. The van der Waals surface area contributed by atoms with Crippen LogP contribution >= 0.6 is 0 Å². The molecule has 1 rings (SSSR count). The number of alkyl halides is 2. The van der Waals surface area contributed by atoms with Crippen LogP contribution < -0.4 is 0 Å². The summed E-state index contributed by atoms with van der Waals surface area (Å²) in [5.41, 5.74) is 1.27. The number of hydrogen-bond donors (Lipinski definition) is 0. The molecule has 0 saturated carbocycles. The van der Waals surface area contributed by atoms with Gasteiger partial charge in [0.1, 0.15) is 5.60 Å². The van der Waals surface area contributed by atoms with E-state index in [2.05, 4.69) is 11.0 Å². The molecule has 6 heteroatoms. The van der Waals surface area contributed by atoms with Crippen LogP contribution in [0.25, 0.3) is 0 Å². The van der Waals surface area contributed by atoms with Gasteiger partial charge in [0, 0.05) is 38.3 Å². The molecule has 1 aliphatic heterocycles. The Balaban J connectivity index is 2.76. The minimum absolute atomic E-state index is 0.174. The Bertz CT molecular complexity index is 502. The minimum Gasteiger partial charge on any atom is -0.444 e. The lowest BCUT2D eigenvalue weighted by molar-refractivity contribution is 0.0171. The van der Waals surface area contributed by atoms with Gasteiger partial charge in [-0.25, -0.2) is 13.6 Å². The van der Waals surface area contributed by atoms with Crippen molar-refractivity contribution in [3.8, 4) is 0 Å². The molecule has 4 nitrogen and oxygen atoms in total. The molecule has 0 spiro atoms. The lowest BCUT2D eigenvalue weighted by atomic mass is 10.0. The average Bonchev–Trinajstić information content (AvgIpc) is 2.52. The first-order valence-corrected chi connectivity index (χ1v) is 9.56. The number of piperazine rings is 1. The molecule has 0 N–H and O–H groups in total. The summed E-state index contributed by atoms with van der Waals surface area (Å²) in [5.74, 6) is 0. The van der Waals surface area contributed by atoms with Gasteiger partial charge in [0.05, 0.1) is 0 Å². The molecule has 0 aromatic heterocycles. The van der Waals surface area contributed by atoms with Crippen LogP contribution in [0, 0.1) is 0 Å². The maximum Gasteiger partial charge on any atom is 0.410 e. The summed E-state index contributed by atoms with van der Waals surface area (Å²) in [6.07, 6.45) is 3.58. The molecule has 1 fully saturated rings. The summed E-state index contributed by atoms with van der Waals surface area (Å²) < 4.78 is 31.1. The number of carbonyl (C=O) groups is 1. The quantitative estimate of drug-likeness (QED) is 0.575. The largest absolute Gasteiger partial charge is 0.444 e. The number of ether oxygens (including phenoxy) is 1. The first-order chi connectivity index (χ1) is 12.2. The topological polar surface area (TPSA) is 32.8 Å². The van der Waals surface area contributed by atoms with Crippen LogP contribution in [0.5, 0.6) is 0 Å². The van der Waals surface area contributed by atoms with Crippen molar-refractivity contribution in [1.82, 2.24) is 9.80 Å². The number of rotatable bonds is 7. The third kappa shape index (κ3) is 8.19. The molecule has 0 radical (unpaired) electrons. The normalized spacial score (nSPS) is 17.1.